The number of hydrogen-bond acceptors (Lipinski definition) is 5. The molecule has 1 aliphatic heterocycles. The molecule has 0 radical (unpaired) electrons. The topological polar surface area (TPSA) is 70.1 Å². The quantitative estimate of drug-likeness (QED) is 0.420. The van der Waals surface area contributed by atoms with Crippen molar-refractivity contribution in [3.8, 4) is 5.75 Å². The van der Waals surface area contributed by atoms with Crippen LogP contribution in [0.4, 0.5) is 0 Å². The monoisotopic (exact) mass is 422 g/mol. The smallest absolute Gasteiger partial charge is 0.295 e. The number of likely N-dealkylation sites (tertiary alicyclic amines) is 1. The highest BCUT2D eigenvalue weighted by atomic mass is 16.5. The largest absolute Gasteiger partial charge is 0.507 e. The van der Waals surface area contributed by atoms with Gasteiger partial charge in [-0.25, -0.2) is 0 Å². The van der Waals surface area contributed by atoms with E-state index in [4.69, 9.17) is 4.74 Å². The number of hydrogen-bond donors (Lipinski definition) is 1. The summed E-state index contributed by atoms with van der Waals surface area (Å²) in [6, 6.07) is 12.6. The van der Waals surface area contributed by atoms with E-state index in [1.165, 1.54) is 7.11 Å². The molecule has 3 rings (SSSR count). The molecule has 0 bridgehead atoms. The van der Waals surface area contributed by atoms with Crippen LogP contribution >= 0.6 is 0 Å². The fourth-order valence-corrected chi connectivity index (χ4v) is 3.85. The van der Waals surface area contributed by atoms with E-state index in [1.807, 2.05) is 56.3 Å². The zero-order chi connectivity index (χ0) is 22.7. The van der Waals surface area contributed by atoms with Gasteiger partial charge in [0.25, 0.3) is 11.7 Å². The van der Waals surface area contributed by atoms with Gasteiger partial charge in [0.15, 0.2) is 0 Å². The molecule has 31 heavy (non-hydrogen) atoms. The van der Waals surface area contributed by atoms with Crippen LogP contribution in [0.1, 0.15) is 35.2 Å². The molecule has 0 aliphatic carbocycles. The Hall–Kier alpha value is -3.12. The van der Waals surface area contributed by atoms with E-state index in [9.17, 15) is 14.7 Å². The van der Waals surface area contributed by atoms with Gasteiger partial charge in [-0.1, -0.05) is 42.8 Å². The second-order valence-electron chi connectivity index (χ2n) is 8.09. The molecule has 1 amide bonds. The molecule has 6 nitrogen and oxygen atoms in total. The Morgan fingerprint density at radius 1 is 1.13 bits per heavy atom. The average molecular weight is 423 g/mol. The minimum absolute atomic E-state index is 0.0944. The van der Waals surface area contributed by atoms with Crippen LogP contribution in [0.2, 0.25) is 0 Å². The lowest BCUT2D eigenvalue weighted by Crippen LogP contribution is -2.35. The van der Waals surface area contributed by atoms with Crippen LogP contribution in [0.15, 0.2) is 48.0 Å². The Bertz CT molecular complexity index is 1010. The van der Waals surface area contributed by atoms with Crippen molar-refractivity contribution in [3.05, 3.63) is 70.3 Å². The Labute approximate surface area is 183 Å². The van der Waals surface area contributed by atoms with Gasteiger partial charge >= 0.3 is 0 Å². The van der Waals surface area contributed by atoms with Gasteiger partial charge in [0.05, 0.1) is 24.3 Å². The number of methoxy groups -OCH3 is 1. The van der Waals surface area contributed by atoms with Gasteiger partial charge in [-0.2, -0.15) is 0 Å². The van der Waals surface area contributed by atoms with Gasteiger partial charge in [0, 0.05) is 13.1 Å². The van der Waals surface area contributed by atoms with Crippen LogP contribution < -0.4 is 4.74 Å². The molecule has 1 aliphatic rings. The molecule has 0 saturated carbocycles. The van der Waals surface area contributed by atoms with Gasteiger partial charge in [-0.05, 0) is 50.7 Å². The number of Topliss-reactive ketones (excluding diaryl/α,β-unsaturated/α-hetero) is 1. The van der Waals surface area contributed by atoms with Crippen molar-refractivity contribution in [1.29, 1.82) is 0 Å². The third-order valence-corrected chi connectivity index (χ3v) is 5.64. The fraction of sp³-hybridized carbons (Fsp3) is 0.360. The van der Waals surface area contributed by atoms with Crippen LogP contribution in [0.25, 0.3) is 5.76 Å². The van der Waals surface area contributed by atoms with Crippen LogP contribution in [0.3, 0.4) is 0 Å². The minimum Gasteiger partial charge on any atom is -0.507 e. The first-order valence-electron chi connectivity index (χ1n) is 10.5. The van der Waals surface area contributed by atoms with Gasteiger partial charge in [0.2, 0.25) is 0 Å². The van der Waals surface area contributed by atoms with Crippen molar-refractivity contribution < 1.29 is 19.4 Å². The molecule has 1 N–H and O–H groups in total. The number of rotatable bonds is 7. The summed E-state index contributed by atoms with van der Waals surface area (Å²) in [5.41, 5.74) is 3.37. The maximum absolute atomic E-state index is 13.1. The second-order valence-corrected chi connectivity index (χ2v) is 8.09. The summed E-state index contributed by atoms with van der Waals surface area (Å²) in [5, 5.41) is 11.3. The normalized spacial score (nSPS) is 18.1. The van der Waals surface area contributed by atoms with E-state index in [2.05, 4.69) is 6.92 Å². The zero-order valence-electron chi connectivity index (χ0n) is 18.8. The first-order chi connectivity index (χ1) is 14.8. The Morgan fingerprint density at radius 2 is 1.81 bits per heavy atom. The molecule has 1 atom stereocenters. The molecular weight excluding hydrogens is 392 g/mol. The molecule has 2 aromatic carbocycles. The third kappa shape index (κ3) is 4.49. The standard InChI is InChI=1S/C25H30N2O4/c1-6-17-8-10-18(11-9-17)22-21(24(29)25(30)27(22)14-13-26(3)4)23(28)19-15-16(2)7-12-20(19)31-5/h7-12,15,22,28H,6,13-14H2,1-5H3/b23-21+. The van der Waals surface area contributed by atoms with Crippen LogP contribution in [-0.4, -0.2) is 60.9 Å². The molecule has 1 saturated heterocycles. The maximum atomic E-state index is 13.1. The lowest BCUT2D eigenvalue weighted by Gasteiger charge is -2.27. The van der Waals surface area contributed by atoms with Crippen molar-refractivity contribution in [2.24, 2.45) is 0 Å². The van der Waals surface area contributed by atoms with E-state index >= 15 is 0 Å². The van der Waals surface area contributed by atoms with Crippen molar-refractivity contribution in [1.82, 2.24) is 9.80 Å². The Morgan fingerprint density at radius 3 is 2.39 bits per heavy atom. The van der Waals surface area contributed by atoms with Crippen LogP contribution in [-0.2, 0) is 16.0 Å². The first-order valence-corrected chi connectivity index (χ1v) is 10.5. The Kier molecular flexibility index (Phi) is 6.81. The van der Waals surface area contributed by atoms with E-state index in [0.29, 0.717) is 24.4 Å². The first kappa shape index (κ1) is 22.6. The summed E-state index contributed by atoms with van der Waals surface area (Å²) in [4.78, 5) is 29.6. The third-order valence-electron chi connectivity index (χ3n) is 5.64. The van der Waals surface area contributed by atoms with E-state index in [1.54, 1.807) is 17.0 Å². The number of amides is 1. The summed E-state index contributed by atoms with van der Waals surface area (Å²) >= 11 is 0. The lowest BCUT2D eigenvalue weighted by atomic mass is 9.93. The summed E-state index contributed by atoms with van der Waals surface area (Å²) in [7, 11) is 5.34. The van der Waals surface area contributed by atoms with Crippen LogP contribution in [0.5, 0.6) is 5.75 Å². The van der Waals surface area contributed by atoms with E-state index in [0.717, 1.165) is 23.1 Å². The maximum Gasteiger partial charge on any atom is 0.295 e. The van der Waals surface area contributed by atoms with Gasteiger partial charge in [-0.3, -0.25) is 9.59 Å². The molecule has 1 heterocycles. The van der Waals surface area contributed by atoms with Gasteiger partial charge in [0.1, 0.15) is 11.5 Å². The molecule has 6 heteroatoms. The Balaban J connectivity index is 2.19. The second kappa shape index (κ2) is 9.35. The van der Waals surface area contributed by atoms with Crippen molar-refractivity contribution in [2.45, 2.75) is 26.3 Å². The number of ether oxygens (including phenoxy) is 1. The number of carbonyl (C=O) groups excluding carboxylic acids is 2. The molecule has 164 valence electrons. The highest BCUT2D eigenvalue weighted by Gasteiger charge is 2.46. The number of aliphatic hydroxyl groups is 1. The molecule has 2 aromatic rings. The van der Waals surface area contributed by atoms with Crippen LogP contribution in [0, 0.1) is 6.92 Å². The van der Waals surface area contributed by atoms with Gasteiger partial charge < -0.3 is 19.6 Å². The lowest BCUT2D eigenvalue weighted by molar-refractivity contribution is -0.140. The highest BCUT2D eigenvalue weighted by molar-refractivity contribution is 6.46. The number of nitrogens with zero attached hydrogens (tertiary/aromatic N) is 2. The van der Waals surface area contributed by atoms with Crippen molar-refractivity contribution >= 4 is 17.4 Å². The van der Waals surface area contributed by atoms with E-state index < -0.39 is 17.7 Å². The number of ketones is 1. The fourth-order valence-electron chi connectivity index (χ4n) is 3.85. The highest BCUT2D eigenvalue weighted by Crippen LogP contribution is 2.41. The number of carbonyl (C=O) groups is 2. The SMILES string of the molecule is CCc1ccc(C2/C(=C(\O)c3cc(C)ccc3OC)C(=O)C(=O)N2CCN(C)C)cc1. The average Bonchev–Trinajstić information content (AvgIpc) is 3.01. The molecule has 1 unspecified atom stereocenters. The number of likely N-dealkylation sites (N-methyl/N-ethyl adjacent to an activating group) is 1. The minimum atomic E-state index is -0.676. The van der Waals surface area contributed by atoms with E-state index in [-0.39, 0.29) is 11.3 Å². The summed E-state index contributed by atoms with van der Waals surface area (Å²) in [6.45, 7) is 4.94. The predicted molar refractivity (Wildman–Crippen MR) is 121 cm³/mol. The van der Waals surface area contributed by atoms with Crippen molar-refractivity contribution in [3.63, 3.8) is 0 Å². The summed E-state index contributed by atoms with van der Waals surface area (Å²) < 4.78 is 5.41. The summed E-state index contributed by atoms with van der Waals surface area (Å²) in [6.07, 6.45) is 0.890. The van der Waals surface area contributed by atoms with Gasteiger partial charge in [-0.15, -0.1) is 0 Å². The molecule has 0 spiro atoms. The molecular formula is C25H30N2O4. The molecule has 0 aromatic heterocycles. The number of aliphatic hydroxyl groups excluding tert-OH is 1. The number of aryl methyl sites for hydroxylation is 2. The number of benzene rings is 2. The van der Waals surface area contributed by atoms with Crippen molar-refractivity contribution in [2.75, 3.05) is 34.3 Å². The zero-order valence-corrected chi connectivity index (χ0v) is 18.8. The molecule has 1 fully saturated rings. The summed E-state index contributed by atoms with van der Waals surface area (Å²) in [5.74, 6) is -1.04. The predicted octanol–water partition coefficient (Wildman–Crippen LogP) is 3.55.